The van der Waals surface area contributed by atoms with E-state index in [2.05, 4.69) is 10.3 Å². The van der Waals surface area contributed by atoms with Crippen molar-refractivity contribution in [1.82, 2.24) is 4.98 Å². The summed E-state index contributed by atoms with van der Waals surface area (Å²) in [5.41, 5.74) is 8.60. The molecule has 1 aromatic heterocycles. The van der Waals surface area contributed by atoms with Gasteiger partial charge >= 0.3 is 0 Å². The lowest BCUT2D eigenvalue weighted by Gasteiger charge is -2.12. The van der Waals surface area contributed by atoms with Crippen molar-refractivity contribution >= 4 is 17.2 Å². The lowest BCUT2D eigenvalue weighted by atomic mass is 10.2. The van der Waals surface area contributed by atoms with Gasteiger partial charge in [0.25, 0.3) is 0 Å². The number of rotatable bonds is 3. The van der Waals surface area contributed by atoms with Gasteiger partial charge in [-0.25, -0.2) is 4.98 Å². The number of hydrogen-bond donors (Lipinski definition) is 2. The molecule has 0 unspecified atom stereocenters. The Kier molecular flexibility index (Phi) is 3.14. The highest BCUT2D eigenvalue weighted by atomic mass is 16.5. The smallest absolute Gasteiger partial charge is 0.142 e. The van der Waals surface area contributed by atoms with Crippen molar-refractivity contribution in [3.8, 4) is 5.75 Å². The number of nitrogens with one attached hydrogen (secondary N) is 1. The fourth-order valence-corrected chi connectivity index (χ4v) is 1.60. The number of ether oxygens (including phenoxy) is 1. The quantitative estimate of drug-likeness (QED) is 0.849. The van der Waals surface area contributed by atoms with Crippen LogP contribution < -0.4 is 15.8 Å². The van der Waals surface area contributed by atoms with Crippen molar-refractivity contribution in [1.29, 1.82) is 0 Å². The van der Waals surface area contributed by atoms with Crippen LogP contribution in [0.25, 0.3) is 0 Å². The number of nitrogens with zero attached hydrogens (tertiary/aromatic N) is 1. The maximum atomic E-state index is 5.63. The summed E-state index contributed by atoms with van der Waals surface area (Å²) in [6.07, 6.45) is 1.67. The van der Waals surface area contributed by atoms with Crippen molar-refractivity contribution in [3.63, 3.8) is 0 Å². The Labute approximate surface area is 100 Å². The Morgan fingerprint density at radius 3 is 2.76 bits per heavy atom. The average Bonchev–Trinajstić information content (AvgIpc) is 2.29. The second-order valence-corrected chi connectivity index (χ2v) is 3.80. The van der Waals surface area contributed by atoms with Gasteiger partial charge in [-0.05, 0) is 30.7 Å². The van der Waals surface area contributed by atoms with E-state index in [0.717, 1.165) is 22.7 Å². The fourth-order valence-electron chi connectivity index (χ4n) is 1.60. The van der Waals surface area contributed by atoms with Crippen molar-refractivity contribution in [3.05, 3.63) is 42.1 Å². The van der Waals surface area contributed by atoms with Gasteiger partial charge in [0.15, 0.2) is 0 Å². The molecular weight excluding hydrogens is 214 g/mol. The van der Waals surface area contributed by atoms with Gasteiger partial charge in [-0.15, -0.1) is 0 Å². The lowest BCUT2D eigenvalue weighted by Crippen LogP contribution is -1.97. The maximum absolute atomic E-state index is 5.63. The number of anilines is 3. The molecule has 0 fully saturated rings. The molecule has 3 N–H and O–H groups in total. The SMILES string of the molecule is COc1ccc(C)cc1Nc1ccnc(N)c1. The molecule has 0 aliphatic rings. The third kappa shape index (κ3) is 2.66. The maximum Gasteiger partial charge on any atom is 0.142 e. The molecule has 1 heterocycles. The molecule has 4 heteroatoms. The standard InChI is InChI=1S/C13H15N3O/c1-9-3-4-12(17-2)11(7-9)16-10-5-6-15-13(14)8-10/h3-8H,1-2H3,(H3,14,15,16). The Bertz CT molecular complexity index is 526. The van der Waals surface area contributed by atoms with Crippen LogP contribution in [-0.2, 0) is 0 Å². The molecule has 0 saturated heterocycles. The predicted octanol–water partition coefficient (Wildman–Crippen LogP) is 2.72. The van der Waals surface area contributed by atoms with E-state index in [1.165, 1.54) is 0 Å². The molecule has 0 spiro atoms. The summed E-state index contributed by atoms with van der Waals surface area (Å²) >= 11 is 0. The summed E-state index contributed by atoms with van der Waals surface area (Å²) in [6, 6.07) is 9.60. The Morgan fingerprint density at radius 1 is 1.24 bits per heavy atom. The van der Waals surface area contributed by atoms with Crippen LogP contribution >= 0.6 is 0 Å². The summed E-state index contributed by atoms with van der Waals surface area (Å²) in [6.45, 7) is 2.03. The van der Waals surface area contributed by atoms with Crippen LogP contribution in [0.4, 0.5) is 17.2 Å². The molecule has 88 valence electrons. The fraction of sp³-hybridized carbons (Fsp3) is 0.154. The highest BCUT2D eigenvalue weighted by Gasteiger charge is 2.03. The molecule has 0 bridgehead atoms. The van der Waals surface area contributed by atoms with Gasteiger partial charge in [-0.1, -0.05) is 6.07 Å². The Hall–Kier alpha value is -2.23. The minimum absolute atomic E-state index is 0.488. The zero-order chi connectivity index (χ0) is 12.3. The molecule has 0 radical (unpaired) electrons. The number of nitrogens with two attached hydrogens (primary N) is 1. The number of pyridine rings is 1. The number of benzene rings is 1. The molecule has 2 aromatic rings. The second kappa shape index (κ2) is 4.74. The van der Waals surface area contributed by atoms with Gasteiger partial charge in [0, 0.05) is 18.0 Å². The molecule has 0 amide bonds. The third-order valence-electron chi connectivity index (χ3n) is 2.42. The van der Waals surface area contributed by atoms with E-state index in [0.29, 0.717) is 5.82 Å². The summed E-state index contributed by atoms with van der Waals surface area (Å²) in [4.78, 5) is 3.95. The van der Waals surface area contributed by atoms with Gasteiger partial charge in [-0.3, -0.25) is 0 Å². The highest BCUT2D eigenvalue weighted by molar-refractivity contribution is 5.68. The van der Waals surface area contributed by atoms with E-state index >= 15 is 0 Å². The number of nitrogen functional groups attached to an aromatic ring is 1. The topological polar surface area (TPSA) is 60.2 Å². The summed E-state index contributed by atoms with van der Waals surface area (Å²) in [7, 11) is 1.65. The monoisotopic (exact) mass is 229 g/mol. The van der Waals surface area contributed by atoms with Crippen molar-refractivity contribution in [2.45, 2.75) is 6.92 Å². The van der Waals surface area contributed by atoms with Crippen LogP contribution in [-0.4, -0.2) is 12.1 Å². The number of aryl methyl sites for hydroxylation is 1. The second-order valence-electron chi connectivity index (χ2n) is 3.80. The van der Waals surface area contributed by atoms with Gasteiger partial charge in [0.2, 0.25) is 0 Å². The minimum atomic E-state index is 0.488. The average molecular weight is 229 g/mol. The number of aromatic nitrogens is 1. The van der Waals surface area contributed by atoms with Crippen LogP contribution in [0.15, 0.2) is 36.5 Å². The van der Waals surface area contributed by atoms with Crippen molar-refractivity contribution < 1.29 is 4.74 Å². The van der Waals surface area contributed by atoms with Crippen LogP contribution in [0, 0.1) is 6.92 Å². The predicted molar refractivity (Wildman–Crippen MR) is 69.7 cm³/mol. The molecule has 0 aliphatic heterocycles. The van der Waals surface area contributed by atoms with Crippen LogP contribution in [0.2, 0.25) is 0 Å². The van der Waals surface area contributed by atoms with E-state index in [4.69, 9.17) is 10.5 Å². The Balaban J connectivity index is 2.32. The van der Waals surface area contributed by atoms with E-state index in [1.54, 1.807) is 19.4 Å². The molecule has 0 atom stereocenters. The summed E-state index contributed by atoms with van der Waals surface area (Å²) in [5.74, 6) is 1.28. The molecule has 0 aliphatic carbocycles. The van der Waals surface area contributed by atoms with E-state index < -0.39 is 0 Å². The summed E-state index contributed by atoms with van der Waals surface area (Å²) < 4.78 is 5.29. The molecule has 0 saturated carbocycles. The first-order valence-electron chi connectivity index (χ1n) is 5.32. The van der Waals surface area contributed by atoms with Crippen molar-refractivity contribution in [2.75, 3.05) is 18.2 Å². The number of methoxy groups -OCH3 is 1. The van der Waals surface area contributed by atoms with E-state index in [1.807, 2.05) is 31.2 Å². The first-order valence-corrected chi connectivity index (χ1v) is 5.32. The highest BCUT2D eigenvalue weighted by Crippen LogP contribution is 2.28. The lowest BCUT2D eigenvalue weighted by molar-refractivity contribution is 0.416. The Morgan fingerprint density at radius 2 is 2.06 bits per heavy atom. The first kappa shape index (κ1) is 11.3. The van der Waals surface area contributed by atoms with Crippen LogP contribution in [0.5, 0.6) is 5.75 Å². The van der Waals surface area contributed by atoms with Gasteiger partial charge < -0.3 is 15.8 Å². The minimum Gasteiger partial charge on any atom is -0.495 e. The van der Waals surface area contributed by atoms with Gasteiger partial charge in [0.1, 0.15) is 11.6 Å². The largest absolute Gasteiger partial charge is 0.495 e. The molecular formula is C13H15N3O. The third-order valence-corrected chi connectivity index (χ3v) is 2.42. The zero-order valence-electron chi connectivity index (χ0n) is 9.90. The zero-order valence-corrected chi connectivity index (χ0v) is 9.90. The van der Waals surface area contributed by atoms with Gasteiger partial charge in [-0.2, -0.15) is 0 Å². The van der Waals surface area contributed by atoms with Crippen LogP contribution in [0.1, 0.15) is 5.56 Å². The molecule has 4 nitrogen and oxygen atoms in total. The normalized spacial score (nSPS) is 10.0. The summed E-state index contributed by atoms with van der Waals surface area (Å²) in [5, 5.41) is 3.26. The van der Waals surface area contributed by atoms with Crippen molar-refractivity contribution in [2.24, 2.45) is 0 Å². The first-order chi connectivity index (χ1) is 8.19. The van der Waals surface area contributed by atoms with E-state index in [-0.39, 0.29) is 0 Å². The molecule has 2 rings (SSSR count). The van der Waals surface area contributed by atoms with Gasteiger partial charge in [0.05, 0.1) is 12.8 Å². The van der Waals surface area contributed by atoms with Crippen LogP contribution in [0.3, 0.4) is 0 Å². The number of hydrogen-bond acceptors (Lipinski definition) is 4. The molecule has 1 aromatic carbocycles. The van der Waals surface area contributed by atoms with E-state index in [9.17, 15) is 0 Å². The molecule has 17 heavy (non-hydrogen) atoms.